The summed E-state index contributed by atoms with van der Waals surface area (Å²) in [6, 6.07) is 7.85. The number of likely N-dealkylation sites (N-methyl/N-ethyl adjacent to an activating group) is 1. The number of anilines is 2. The smallest absolute Gasteiger partial charge is 0.279 e. The monoisotopic (exact) mass is 377 g/mol. The first-order valence-corrected chi connectivity index (χ1v) is 9.74. The Morgan fingerprint density at radius 3 is 2.37 bits per heavy atom. The molecule has 7 nitrogen and oxygen atoms in total. The molecular weight excluding hydrogens is 344 g/mol. The van der Waals surface area contributed by atoms with Crippen LogP contribution in [0.15, 0.2) is 24.3 Å². The molecule has 1 aromatic rings. The summed E-state index contributed by atoms with van der Waals surface area (Å²) >= 11 is 0. The van der Waals surface area contributed by atoms with E-state index in [2.05, 4.69) is 29.4 Å². The Labute approximate surface area is 162 Å². The molecule has 150 valence electrons. The van der Waals surface area contributed by atoms with Crippen LogP contribution in [0.2, 0.25) is 0 Å². The van der Waals surface area contributed by atoms with E-state index in [9.17, 15) is 9.59 Å². The van der Waals surface area contributed by atoms with Crippen molar-refractivity contribution in [3.8, 4) is 0 Å². The number of morpholine rings is 1. The lowest BCUT2D eigenvalue weighted by molar-refractivity contribution is -0.862. The van der Waals surface area contributed by atoms with E-state index < -0.39 is 0 Å². The SMILES string of the molecule is CC(C)CCNC(=O)C[NH+](C)CC(=O)Nc1ccc(N2CCOCC2)cc1. The topological polar surface area (TPSA) is 75.1 Å². The molecule has 0 saturated carbocycles. The molecule has 0 bridgehead atoms. The van der Waals surface area contributed by atoms with E-state index in [1.165, 1.54) is 0 Å². The van der Waals surface area contributed by atoms with Gasteiger partial charge in [0.25, 0.3) is 11.8 Å². The third-order valence-electron chi connectivity index (χ3n) is 4.50. The van der Waals surface area contributed by atoms with Crippen molar-refractivity contribution < 1.29 is 19.2 Å². The second-order valence-electron chi connectivity index (χ2n) is 7.54. The van der Waals surface area contributed by atoms with Gasteiger partial charge < -0.3 is 25.2 Å². The van der Waals surface area contributed by atoms with Crippen LogP contribution in [0.1, 0.15) is 20.3 Å². The summed E-state index contributed by atoms with van der Waals surface area (Å²) in [5.41, 5.74) is 1.91. The molecule has 0 aromatic heterocycles. The zero-order valence-corrected chi connectivity index (χ0v) is 16.7. The van der Waals surface area contributed by atoms with Gasteiger partial charge in [0.2, 0.25) is 0 Å². The Kier molecular flexibility index (Phi) is 8.54. The van der Waals surface area contributed by atoms with Crippen molar-refractivity contribution in [3.63, 3.8) is 0 Å². The molecule has 0 aliphatic carbocycles. The van der Waals surface area contributed by atoms with Gasteiger partial charge in [-0.15, -0.1) is 0 Å². The van der Waals surface area contributed by atoms with E-state index >= 15 is 0 Å². The summed E-state index contributed by atoms with van der Waals surface area (Å²) in [5.74, 6) is 0.452. The van der Waals surface area contributed by atoms with Gasteiger partial charge >= 0.3 is 0 Å². The van der Waals surface area contributed by atoms with Crippen molar-refractivity contribution in [1.82, 2.24) is 5.32 Å². The highest BCUT2D eigenvalue weighted by molar-refractivity contribution is 5.91. The molecule has 3 N–H and O–H groups in total. The molecule has 7 heteroatoms. The maximum Gasteiger partial charge on any atom is 0.279 e. The number of hydrogen-bond acceptors (Lipinski definition) is 4. The zero-order chi connectivity index (χ0) is 19.6. The van der Waals surface area contributed by atoms with Gasteiger partial charge in [0, 0.05) is 31.0 Å². The van der Waals surface area contributed by atoms with Crippen molar-refractivity contribution in [1.29, 1.82) is 0 Å². The van der Waals surface area contributed by atoms with Crippen LogP contribution in [0, 0.1) is 5.92 Å². The molecule has 2 rings (SSSR count). The number of hydrogen-bond donors (Lipinski definition) is 3. The zero-order valence-electron chi connectivity index (χ0n) is 16.7. The standard InChI is InChI=1S/C20H32N4O3/c1-16(2)8-9-21-19(25)14-23(3)15-20(26)22-17-4-6-18(7-5-17)24-10-12-27-13-11-24/h4-7,16H,8-15H2,1-3H3,(H,21,25)(H,22,26)/p+1. The van der Waals surface area contributed by atoms with Crippen LogP contribution in [0.25, 0.3) is 0 Å². The quantitative estimate of drug-likeness (QED) is 0.572. The van der Waals surface area contributed by atoms with E-state index in [0.717, 1.165) is 49.0 Å². The van der Waals surface area contributed by atoms with Crippen LogP contribution >= 0.6 is 0 Å². The molecule has 27 heavy (non-hydrogen) atoms. The van der Waals surface area contributed by atoms with Crippen LogP contribution in [0.3, 0.4) is 0 Å². The molecule has 1 aliphatic rings. The first kappa shape index (κ1) is 21.2. The number of quaternary nitrogens is 1. The van der Waals surface area contributed by atoms with Crippen LogP contribution in [-0.4, -0.2) is 64.8 Å². The summed E-state index contributed by atoms with van der Waals surface area (Å²) in [4.78, 5) is 27.2. The molecule has 1 atom stereocenters. The van der Waals surface area contributed by atoms with Gasteiger partial charge in [0.1, 0.15) is 0 Å². The van der Waals surface area contributed by atoms with E-state index in [1.54, 1.807) is 0 Å². The largest absolute Gasteiger partial charge is 0.378 e. The number of benzene rings is 1. The van der Waals surface area contributed by atoms with E-state index in [0.29, 0.717) is 19.0 Å². The molecule has 1 heterocycles. The third kappa shape index (κ3) is 7.97. The fourth-order valence-electron chi connectivity index (χ4n) is 2.96. The summed E-state index contributed by atoms with van der Waals surface area (Å²) in [6.07, 6.45) is 0.964. The maximum absolute atomic E-state index is 12.2. The Morgan fingerprint density at radius 2 is 1.74 bits per heavy atom. The molecule has 1 aromatic carbocycles. The van der Waals surface area contributed by atoms with Crippen molar-refractivity contribution >= 4 is 23.2 Å². The summed E-state index contributed by atoms with van der Waals surface area (Å²) in [5, 5.41) is 5.80. The average Bonchev–Trinajstić information content (AvgIpc) is 2.62. The number of ether oxygens (including phenoxy) is 1. The van der Waals surface area contributed by atoms with Crippen LogP contribution in [-0.2, 0) is 14.3 Å². The molecular formula is C20H33N4O3+. The first-order chi connectivity index (χ1) is 12.9. The second kappa shape index (κ2) is 10.9. The van der Waals surface area contributed by atoms with Crippen LogP contribution in [0.5, 0.6) is 0 Å². The highest BCUT2D eigenvalue weighted by Gasteiger charge is 2.15. The Bertz CT molecular complexity index is 598. The summed E-state index contributed by atoms with van der Waals surface area (Å²) in [7, 11) is 1.85. The lowest BCUT2D eigenvalue weighted by Gasteiger charge is -2.28. The van der Waals surface area contributed by atoms with Gasteiger partial charge in [-0.25, -0.2) is 0 Å². The lowest BCUT2D eigenvalue weighted by Crippen LogP contribution is -3.11. The molecule has 1 aliphatic heterocycles. The van der Waals surface area contributed by atoms with E-state index in [-0.39, 0.29) is 18.4 Å². The van der Waals surface area contributed by atoms with Crippen LogP contribution < -0.4 is 20.4 Å². The maximum atomic E-state index is 12.2. The minimum Gasteiger partial charge on any atom is -0.378 e. The third-order valence-corrected chi connectivity index (χ3v) is 4.50. The van der Waals surface area contributed by atoms with Crippen molar-refractivity contribution in [2.75, 3.05) is 63.2 Å². The average molecular weight is 378 g/mol. The predicted molar refractivity (Wildman–Crippen MR) is 107 cm³/mol. The van der Waals surface area contributed by atoms with E-state index in [4.69, 9.17) is 4.74 Å². The lowest BCUT2D eigenvalue weighted by atomic mass is 10.1. The van der Waals surface area contributed by atoms with E-state index in [1.807, 2.05) is 31.3 Å². The van der Waals surface area contributed by atoms with Gasteiger partial charge in [-0.1, -0.05) is 13.8 Å². The van der Waals surface area contributed by atoms with Gasteiger partial charge in [-0.2, -0.15) is 0 Å². The Balaban J connectivity index is 1.72. The van der Waals surface area contributed by atoms with Crippen molar-refractivity contribution in [3.05, 3.63) is 24.3 Å². The summed E-state index contributed by atoms with van der Waals surface area (Å²) < 4.78 is 5.36. The Morgan fingerprint density at radius 1 is 1.11 bits per heavy atom. The van der Waals surface area contributed by atoms with Crippen LogP contribution in [0.4, 0.5) is 11.4 Å². The molecule has 1 unspecified atom stereocenters. The molecule has 2 amide bonds. The highest BCUT2D eigenvalue weighted by Crippen LogP contribution is 2.18. The number of carbonyl (C=O) groups is 2. The normalized spacial score (nSPS) is 15.5. The van der Waals surface area contributed by atoms with Gasteiger partial charge in [0.15, 0.2) is 13.1 Å². The predicted octanol–water partition coefficient (Wildman–Crippen LogP) is 0.139. The molecule has 0 radical (unpaired) electrons. The fraction of sp³-hybridized carbons (Fsp3) is 0.600. The molecule has 0 spiro atoms. The minimum atomic E-state index is -0.0957. The Hall–Kier alpha value is -2.12. The molecule has 1 fully saturated rings. The summed E-state index contributed by atoms with van der Waals surface area (Å²) in [6.45, 7) is 8.76. The highest BCUT2D eigenvalue weighted by atomic mass is 16.5. The van der Waals surface area contributed by atoms with Gasteiger partial charge in [0.05, 0.1) is 20.3 Å². The fourth-order valence-corrected chi connectivity index (χ4v) is 2.96. The van der Waals surface area contributed by atoms with Crippen molar-refractivity contribution in [2.24, 2.45) is 5.92 Å². The van der Waals surface area contributed by atoms with Crippen molar-refractivity contribution in [2.45, 2.75) is 20.3 Å². The minimum absolute atomic E-state index is 0.0178. The number of rotatable bonds is 9. The van der Waals surface area contributed by atoms with Gasteiger partial charge in [-0.3, -0.25) is 9.59 Å². The number of amides is 2. The number of carbonyl (C=O) groups excluding carboxylic acids is 2. The number of nitrogens with zero attached hydrogens (tertiary/aromatic N) is 1. The number of nitrogens with one attached hydrogen (secondary N) is 3. The second-order valence-corrected chi connectivity index (χ2v) is 7.54. The first-order valence-electron chi connectivity index (χ1n) is 9.74. The van der Waals surface area contributed by atoms with Gasteiger partial charge in [-0.05, 0) is 36.6 Å². The molecule has 1 saturated heterocycles.